The second-order valence-electron chi connectivity index (χ2n) is 5.20. The minimum Gasteiger partial charge on any atom is -0.497 e. The van der Waals surface area contributed by atoms with E-state index < -0.39 is 0 Å². The molecule has 0 saturated heterocycles. The van der Waals surface area contributed by atoms with Gasteiger partial charge in [0.1, 0.15) is 11.6 Å². The fourth-order valence-electron chi connectivity index (χ4n) is 2.61. The highest BCUT2D eigenvalue weighted by Crippen LogP contribution is 2.22. The molecule has 1 unspecified atom stereocenters. The molecule has 0 spiro atoms. The molecule has 0 saturated carbocycles. The zero-order chi connectivity index (χ0) is 14.5. The normalized spacial score (nSPS) is 12.8. The Balaban J connectivity index is 2.38. The lowest BCUT2D eigenvalue weighted by atomic mass is 10.2. The third-order valence-corrected chi connectivity index (χ3v) is 3.52. The maximum atomic E-state index is 5.29. The fraction of sp³-hybridized carbons (Fsp3) is 0.562. The van der Waals surface area contributed by atoms with Crippen LogP contribution in [0.1, 0.15) is 33.0 Å². The van der Waals surface area contributed by atoms with E-state index in [1.165, 1.54) is 5.52 Å². The number of rotatable bonds is 7. The van der Waals surface area contributed by atoms with Crippen LogP contribution in [0.25, 0.3) is 11.0 Å². The molecule has 0 aliphatic carbocycles. The Labute approximate surface area is 121 Å². The quantitative estimate of drug-likeness (QED) is 0.844. The first-order valence-corrected chi connectivity index (χ1v) is 7.46. The van der Waals surface area contributed by atoms with Crippen LogP contribution in [0.4, 0.5) is 0 Å². The summed E-state index contributed by atoms with van der Waals surface area (Å²) in [5.41, 5.74) is 2.22. The van der Waals surface area contributed by atoms with Crippen molar-refractivity contribution in [1.29, 1.82) is 0 Å². The second kappa shape index (κ2) is 6.75. The highest BCUT2D eigenvalue weighted by molar-refractivity contribution is 5.77. The lowest BCUT2D eigenvalue weighted by molar-refractivity contribution is 0.415. The summed E-state index contributed by atoms with van der Waals surface area (Å²) < 4.78 is 7.63. The molecule has 0 bridgehead atoms. The van der Waals surface area contributed by atoms with Gasteiger partial charge >= 0.3 is 0 Å². The summed E-state index contributed by atoms with van der Waals surface area (Å²) in [6.07, 6.45) is 2.06. The van der Waals surface area contributed by atoms with Gasteiger partial charge in [-0.05, 0) is 32.0 Å². The van der Waals surface area contributed by atoms with Gasteiger partial charge in [0.2, 0.25) is 0 Å². The Bertz CT molecular complexity index is 562. The molecule has 1 aromatic carbocycles. The molecule has 0 radical (unpaired) electrons. The van der Waals surface area contributed by atoms with Gasteiger partial charge < -0.3 is 14.6 Å². The minimum absolute atomic E-state index is 0.439. The monoisotopic (exact) mass is 275 g/mol. The molecule has 0 amide bonds. The van der Waals surface area contributed by atoms with E-state index in [9.17, 15) is 0 Å². The predicted molar refractivity (Wildman–Crippen MR) is 83.4 cm³/mol. The van der Waals surface area contributed by atoms with Crippen LogP contribution in [0.2, 0.25) is 0 Å². The molecule has 1 aromatic heterocycles. The van der Waals surface area contributed by atoms with Crippen molar-refractivity contribution in [1.82, 2.24) is 14.9 Å². The summed E-state index contributed by atoms with van der Waals surface area (Å²) in [4.78, 5) is 4.81. The molecule has 110 valence electrons. The third kappa shape index (κ3) is 3.12. The van der Waals surface area contributed by atoms with E-state index in [1.807, 2.05) is 12.1 Å². The molecule has 0 aliphatic heterocycles. The molecule has 4 nitrogen and oxygen atoms in total. The van der Waals surface area contributed by atoms with Gasteiger partial charge in [-0.15, -0.1) is 0 Å². The van der Waals surface area contributed by atoms with E-state index >= 15 is 0 Å². The molecule has 20 heavy (non-hydrogen) atoms. The van der Waals surface area contributed by atoms with E-state index in [2.05, 4.69) is 36.7 Å². The number of likely N-dealkylation sites (N-methyl/N-ethyl adjacent to an activating group) is 1. The summed E-state index contributed by atoms with van der Waals surface area (Å²) in [7, 11) is 1.69. The number of imidazole rings is 1. The Morgan fingerprint density at radius 1 is 1.35 bits per heavy atom. The average Bonchev–Trinajstić information content (AvgIpc) is 2.76. The van der Waals surface area contributed by atoms with Gasteiger partial charge in [-0.3, -0.25) is 0 Å². The van der Waals surface area contributed by atoms with Crippen molar-refractivity contribution in [3.63, 3.8) is 0 Å². The Hall–Kier alpha value is -1.55. The lowest BCUT2D eigenvalue weighted by Gasteiger charge is -2.13. The van der Waals surface area contributed by atoms with Crippen LogP contribution in [-0.2, 0) is 13.0 Å². The molecule has 2 rings (SSSR count). The number of benzene rings is 1. The summed E-state index contributed by atoms with van der Waals surface area (Å²) in [5, 5.41) is 3.45. The van der Waals surface area contributed by atoms with Crippen molar-refractivity contribution in [2.45, 2.75) is 46.2 Å². The maximum Gasteiger partial charge on any atom is 0.121 e. The van der Waals surface area contributed by atoms with E-state index in [-0.39, 0.29) is 0 Å². The smallest absolute Gasteiger partial charge is 0.121 e. The molecular weight excluding hydrogens is 250 g/mol. The number of hydrogen-bond donors (Lipinski definition) is 1. The lowest BCUT2D eigenvalue weighted by Crippen LogP contribution is -2.28. The Morgan fingerprint density at radius 2 is 2.15 bits per heavy atom. The Morgan fingerprint density at radius 3 is 2.80 bits per heavy atom. The fourth-order valence-corrected chi connectivity index (χ4v) is 2.61. The molecule has 2 aromatic rings. The number of hydrogen-bond acceptors (Lipinski definition) is 3. The van der Waals surface area contributed by atoms with Crippen molar-refractivity contribution >= 4 is 11.0 Å². The van der Waals surface area contributed by atoms with Gasteiger partial charge in [-0.25, -0.2) is 4.98 Å². The zero-order valence-electron chi connectivity index (χ0n) is 12.9. The third-order valence-electron chi connectivity index (χ3n) is 3.52. The molecule has 0 fully saturated rings. The zero-order valence-corrected chi connectivity index (χ0v) is 12.9. The molecule has 4 heteroatoms. The number of nitrogens with zero attached hydrogens (tertiary/aromatic N) is 2. The average molecular weight is 275 g/mol. The molecule has 1 heterocycles. The van der Waals surface area contributed by atoms with Crippen molar-refractivity contribution in [2.75, 3.05) is 13.7 Å². The number of methoxy groups -OCH3 is 1. The summed E-state index contributed by atoms with van der Waals surface area (Å²) in [6.45, 7) is 8.54. The molecule has 1 atom stereocenters. The summed E-state index contributed by atoms with van der Waals surface area (Å²) in [5.74, 6) is 2.02. The van der Waals surface area contributed by atoms with Crippen molar-refractivity contribution in [3.05, 3.63) is 24.0 Å². The van der Waals surface area contributed by atoms with Crippen LogP contribution in [-0.4, -0.2) is 29.2 Å². The van der Waals surface area contributed by atoms with E-state index in [0.717, 1.165) is 43.0 Å². The number of ether oxygens (including phenoxy) is 1. The van der Waals surface area contributed by atoms with Crippen molar-refractivity contribution in [2.24, 2.45) is 0 Å². The number of fused-ring (bicyclic) bond motifs is 1. The molecular formula is C16H25N3O. The van der Waals surface area contributed by atoms with Crippen LogP contribution in [0.5, 0.6) is 5.75 Å². The summed E-state index contributed by atoms with van der Waals surface area (Å²) in [6, 6.07) is 6.57. The van der Waals surface area contributed by atoms with E-state index in [1.54, 1.807) is 7.11 Å². The van der Waals surface area contributed by atoms with Crippen LogP contribution >= 0.6 is 0 Å². The van der Waals surface area contributed by atoms with Gasteiger partial charge in [0.25, 0.3) is 0 Å². The van der Waals surface area contributed by atoms with Crippen LogP contribution < -0.4 is 10.1 Å². The maximum absolute atomic E-state index is 5.29. The number of aromatic nitrogens is 2. The highest BCUT2D eigenvalue weighted by atomic mass is 16.5. The number of aryl methyl sites for hydroxylation is 1. The van der Waals surface area contributed by atoms with Crippen LogP contribution in [0.3, 0.4) is 0 Å². The molecule has 0 aliphatic rings. The summed E-state index contributed by atoms with van der Waals surface area (Å²) >= 11 is 0. The van der Waals surface area contributed by atoms with Gasteiger partial charge in [-0.1, -0.05) is 13.8 Å². The number of nitrogens with one attached hydrogen (secondary N) is 1. The highest BCUT2D eigenvalue weighted by Gasteiger charge is 2.13. The first-order chi connectivity index (χ1) is 9.69. The predicted octanol–water partition coefficient (Wildman–Crippen LogP) is 3.00. The van der Waals surface area contributed by atoms with Gasteiger partial charge in [-0.2, -0.15) is 0 Å². The van der Waals surface area contributed by atoms with E-state index in [4.69, 9.17) is 9.72 Å². The second-order valence-corrected chi connectivity index (χ2v) is 5.20. The van der Waals surface area contributed by atoms with Crippen molar-refractivity contribution < 1.29 is 4.74 Å². The van der Waals surface area contributed by atoms with Gasteiger partial charge in [0, 0.05) is 25.1 Å². The SMILES string of the molecule is CCCn1c(CC(C)NCC)nc2cc(OC)ccc21. The van der Waals surface area contributed by atoms with Crippen molar-refractivity contribution in [3.8, 4) is 5.75 Å². The first kappa shape index (κ1) is 14.9. The minimum atomic E-state index is 0.439. The van der Waals surface area contributed by atoms with Gasteiger partial charge in [0.15, 0.2) is 0 Å². The first-order valence-electron chi connectivity index (χ1n) is 7.46. The Kier molecular flexibility index (Phi) is 5.01. The van der Waals surface area contributed by atoms with E-state index in [0.29, 0.717) is 6.04 Å². The standard InChI is InChI=1S/C16H25N3O/c1-5-9-19-15-8-7-13(20-4)11-14(15)18-16(19)10-12(3)17-6-2/h7-8,11-12,17H,5-6,9-10H2,1-4H3. The van der Waals surface area contributed by atoms with Gasteiger partial charge in [0.05, 0.1) is 18.1 Å². The molecule has 1 N–H and O–H groups in total. The van der Waals surface area contributed by atoms with Crippen LogP contribution in [0.15, 0.2) is 18.2 Å². The topological polar surface area (TPSA) is 39.1 Å². The van der Waals surface area contributed by atoms with Crippen LogP contribution in [0, 0.1) is 0 Å². The largest absolute Gasteiger partial charge is 0.497 e.